The maximum absolute atomic E-state index is 12.5. The number of nitrogens with zero attached hydrogens (tertiary/aromatic N) is 5. The molecule has 6 rings (SSSR count). The zero-order chi connectivity index (χ0) is 36.3. The monoisotopic (exact) mass is 749 g/mol. The predicted octanol–water partition coefficient (Wildman–Crippen LogP) is 7.76. The van der Waals surface area contributed by atoms with E-state index in [1.165, 1.54) is 23.1 Å². The van der Waals surface area contributed by atoms with E-state index in [9.17, 15) is 26.8 Å². The highest BCUT2D eigenvalue weighted by Crippen LogP contribution is 2.49. The zero-order valence-electron chi connectivity index (χ0n) is 26.6. The molecule has 1 unspecified atom stereocenters. The van der Waals surface area contributed by atoms with Gasteiger partial charge < -0.3 is 14.2 Å². The maximum Gasteiger partial charge on any atom is 0.357 e. The van der Waals surface area contributed by atoms with Crippen LogP contribution in [-0.4, -0.2) is 49.1 Å². The van der Waals surface area contributed by atoms with Gasteiger partial charge in [-0.25, -0.2) is 15.2 Å². The molecule has 4 N–H and O–H groups in total. The fourth-order valence-corrected chi connectivity index (χ4v) is 6.79. The van der Waals surface area contributed by atoms with E-state index >= 15 is 0 Å². The minimum absolute atomic E-state index is 0.0177. The van der Waals surface area contributed by atoms with Crippen LogP contribution in [0, 0.1) is 6.92 Å². The molecular weight excluding hydrogens is 723 g/mol. The van der Waals surface area contributed by atoms with Crippen LogP contribution < -0.4 is 9.08 Å². The van der Waals surface area contributed by atoms with Gasteiger partial charge in [0, 0.05) is 30.3 Å². The van der Waals surface area contributed by atoms with Gasteiger partial charge in [0.15, 0.2) is 11.5 Å². The second-order valence-corrected chi connectivity index (χ2v) is 13.7. The number of rotatable bonds is 12. The van der Waals surface area contributed by atoms with Crippen molar-refractivity contribution >= 4 is 77.9 Å². The SMILES string of the molecule is Cc1nc(Cc2ccccc2)cc(N(C)c2cc(S(=O)(=O)O)cc3cc(SOOO)c(N=Nc4ccc5ccccc5c4OS(=O)O)c(O)c23)n1. The third-order valence-electron chi connectivity index (χ3n) is 7.64. The van der Waals surface area contributed by atoms with Crippen LogP contribution in [0.25, 0.3) is 21.5 Å². The number of anilines is 2. The number of phenolic OH excluding ortho intramolecular Hbond substituents is 1. The molecule has 1 aromatic heterocycles. The first-order valence-corrected chi connectivity index (χ1v) is 17.9. The summed E-state index contributed by atoms with van der Waals surface area (Å²) in [6, 6.07) is 25.1. The highest BCUT2D eigenvalue weighted by molar-refractivity contribution is 7.94. The van der Waals surface area contributed by atoms with Crippen LogP contribution in [0.4, 0.5) is 22.9 Å². The summed E-state index contributed by atoms with van der Waals surface area (Å²) in [5.74, 6) is 0.186. The number of phenols is 1. The van der Waals surface area contributed by atoms with Gasteiger partial charge in [0.25, 0.3) is 10.1 Å². The maximum atomic E-state index is 12.5. The van der Waals surface area contributed by atoms with Crippen molar-refractivity contribution < 1.29 is 45.7 Å². The molecule has 0 spiro atoms. The highest BCUT2D eigenvalue weighted by atomic mass is 32.2. The van der Waals surface area contributed by atoms with Crippen LogP contribution in [0.2, 0.25) is 0 Å². The first kappa shape index (κ1) is 35.8. The van der Waals surface area contributed by atoms with Gasteiger partial charge in [0.1, 0.15) is 23.0 Å². The van der Waals surface area contributed by atoms with Crippen molar-refractivity contribution in [1.29, 1.82) is 0 Å². The van der Waals surface area contributed by atoms with Crippen LogP contribution in [0.5, 0.6) is 11.5 Å². The lowest BCUT2D eigenvalue weighted by atomic mass is 10.1. The van der Waals surface area contributed by atoms with Gasteiger partial charge in [-0.2, -0.15) is 12.6 Å². The van der Waals surface area contributed by atoms with Crippen LogP contribution >= 0.6 is 12.0 Å². The minimum Gasteiger partial charge on any atom is -0.505 e. The molecule has 1 heterocycles. The lowest BCUT2D eigenvalue weighted by molar-refractivity contribution is -0.432. The number of azo groups is 1. The number of aryl methyl sites for hydroxylation is 1. The van der Waals surface area contributed by atoms with E-state index in [1.54, 1.807) is 50.4 Å². The molecule has 1 atom stereocenters. The molecule has 0 radical (unpaired) electrons. The molecule has 262 valence electrons. The molecule has 0 bridgehead atoms. The van der Waals surface area contributed by atoms with Gasteiger partial charge in [-0.1, -0.05) is 65.7 Å². The van der Waals surface area contributed by atoms with E-state index in [-0.39, 0.29) is 38.5 Å². The van der Waals surface area contributed by atoms with Gasteiger partial charge in [-0.05, 0) is 47.5 Å². The fourth-order valence-electron chi connectivity index (χ4n) is 5.44. The number of hydrogen-bond donors (Lipinski definition) is 4. The number of benzene rings is 5. The highest BCUT2D eigenvalue weighted by Gasteiger charge is 2.24. The lowest BCUT2D eigenvalue weighted by Gasteiger charge is -2.23. The molecule has 0 saturated carbocycles. The number of fused-ring (bicyclic) bond motifs is 2. The third kappa shape index (κ3) is 7.98. The summed E-state index contributed by atoms with van der Waals surface area (Å²) in [4.78, 5) is 10.1. The van der Waals surface area contributed by atoms with Crippen molar-refractivity contribution in [1.82, 2.24) is 9.97 Å². The summed E-state index contributed by atoms with van der Waals surface area (Å²) in [5, 5.41) is 34.3. The Balaban J connectivity index is 1.55. The summed E-state index contributed by atoms with van der Waals surface area (Å²) in [7, 11) is -3.17. The standard InChI is InChI=1S/C33H27N5O10S3/c1-19-34-23(14-20-8-4-3-5-9-20)17-29(35-19)38(2)27-18-24(51(43,44)45)15-22-16-28(49-48-47-40)31(32(39)30(22)27)37-36-26-13-12-21-10-6-7-11-25(21)33(26)46-50(41)42/h3-13,15-18,39-40H,14H2,1-2H3,(H,41,42)(H,43,44,45). The Morgan fingerprint density at radius 2 is 1.69 bits per heavy atom. The second kappa shape index (κ2) is 15.1. The van der Waals surface area contributed by atoms with Crippen molar-refractivity contribution in [2.75, 3.05) is 11.9 Å². The van der Waals surface area contributed by atoms with Crippen LogP contribution in [0.15, 0.2) is 111 Å². The second-order valence-electron chi connectivity index (χ2n) is 10.9. The molecule has 0 aliphatic heterocycles. The third-order valence-corrected chi connectivity index (χ3v) is 9.40. The Labute approximate surface area is 297 Å². The summed E-state index contributed by atoms with van der Waals surface area (Å²) >= 11 is -2.31. The van der Waals surface area contributed by atoms with Crippen LogP contribution in [-0.2, 0) is 37.3 Å². The summed E-state index contributed by atoms with van der Waals surface area (Å²) in [6.45, 7) is 1.71. The first-order valence-electron chi connectivity index (χ1n) is 14.7. The average Bonchev–Trinajstić information content (AvgIpc) is 3.09. The molecular formula is C33H27N5O10S3. The van der Waals surface area contributed by atoms with Crippen LogP contribution in [0.3, 0.4) is 0 Å². The smallest absolute Gasteiger partial charge is 0.357 e. The van der Waals surface area contributed by atoms with Gasteiger partial charge in [-0.15, -0.1) is 14.6 Å². The van der Waals surface area contributed by atoms with Gasteiger partial charge in [-0.3, -0.25) is 9.11 Å². The van der Waals surface area contributed by atoms with Gasteiger partial charge in [0.05, 0.1) is 33.2 Å². The fraction of sp³-hybridized carbons (Fsp3) is 0.0909. The van der Waals surface area contributed by atoms with Crippen molar-refractivity contribution in [2.24, 2.45) is 10.2 Å². The molecule has 5 aromatic carbocycles. The van der Waals surface area contributed by atoms with E-state index in [0.717, 1.165) is 11.6 Å². The molecule has 0 aliphatic carbocycles. The average molecular weight is 750 g/mol. The molecule has 0 amide bonds. The quantitative estimate of drug-likeness (QED) is 0.0235. The molecule has 0 aliphatic rings. The van der Waals surface area contributed by atoms with Crippen molar-refractivity contribution in [2.45, 2.75) is 23.1 Å². The Morgan fingerprint density at radius 3 is 2.41 bits per heavy atom. The Hall–Kier alpha value is -5.05. The Bertz CT molecular complexity index is 2430. The normalized spacial score (nSPS) is 12.5. The summed E-state index contributed by atoms with van der Waals surface area (Å²) in [6.07, 6.45) is 0.477. The Kier molecular flexibility index (Phi) is 10.6. The number of aromatic nitrogens is 2. The number of aromatic hydroxyl groups is 1. The molecule has 15 nitrogen and oxygen atoms in total. The predicted molar refractivity (Wildman–Crippen MR) is 190 cm³/mol. The minimum atomic E-state index is -4.77. The summed E-state index contributed by atoms with van der Waals surface area (Å²) < 4.78 is 66.0. The lowest BCUT2D eigenvalue weighted by Crippen LogP contribution is -2.15. The van der Waals surface area contributed by atoms with Crippen LogP contribution in [0.1, 0.15) is 17.1 Å². The van der Waals surface area contributed by atoms with E-state index in [2.05, 4.69) is 29.6 Å². The zero-order valence-corrected chi connectivity index (χ0v) is 29.0. The van der Waals surface area contributed by atoms with E-state index in [1.807, 2.05) is 30.3 Å². The topological polar surface area (TPSA) is 214 Å². The first-order chi connectivity index (χ1) is 24.4. The molecule has 0 saturated heterocycles. The van der Waals surface area contributed by atoms with Gasteiger partial charge >= 0.3 is 11.4 Å². The van der Waals surface area contributed by atoms with Crippen molar-refractivity contribution in [3.05, 3.63) is 108 Å². The molecule has 18 heteroatoms. The largest absolute Gasteiger partial charge is 0.505 e. The summed E-state index contributed by atoms with van der Waals surface area (Å²) in [5.41, 5.74) is 1.56. The van der Waals surface area contributed by atoms with E-state index in [4.69, 9.17) is 9.44 Å². The van der Waals surface area contributed by atoms with Crippen molar-refractivity contribution in [3.63, 3.8) is 0 Å². The Morgan fingerprint density at radius 1 is 0.941 bits per heavy atom. The van der Waals surface area contributed by atoms with E-state index < -0.39 is 32.1 Å². The molecule has 0 fully saturated rings. The van der Waals surface area contributed by atoms with E-state index in [0.29, 0.717) is 46.6 Å². The van der Waals surface area contributed by atoms with Crippen molar-refractivity contribution in [3.8, 4) is 11.5 Å². The molecule has 6 aromatic rings. The van der Waals surface area contributed by atoms with Gasteiger partial charge in [0.2, 0.25) is 0 Å². The number of hydrogen-bond acceptors (Lipinski definition) is 14. The molecule has 51 heavy (non-hydrogen) atoms.